The first kappa shape index (κ1) is 19.4. The first-order valence-corrected chi connectivity index (χ1v) is 10.6. The third-order valence-corrected chi connectivity index (χ3v) is 5.79. The van der Waals surface area contributed by atoms with Gasteiger partial charge in [-0.3, -0.25) is 9.59 Å². The lowest BCUT2D eigenvalue weighted by molar-refractivity contribution is -0.145. The fourth-order valence-corrected chi connectivity index (χ4v) is 3.99. The number of rotatable bonds is 10. The van der Waals surface area contributed by atoms with Gasteiger partial charge in [0.05, 0.1) is 6.42 Å². The number of unbranched alkanes of at least 4 members (excludes halogenated alkanes) is 3. The van der Waals surface area contributed by atoms with Crippen molar-refractivity contribution in [2.45, 2.75) is 43.9 Å². The molecule has 0 radical (unpaired) electrons. The fraction of sp³-hybridized carbons (Fsp3) is 0.556. The van der Waals surface area contributed by atoms with Gasteiger partial charge in [0.1, 0.15) is 11.9 Å². The van der Waals surface area contributed by atoms with Gasteiger partial charge >= 0.3 is 0 Å². The van der Waals surface area contributed by atoms with Crippen molar-refractivity contribution in [3.8, 4) is 0 Å². The molecule has 1 saturated heterocycles. The maximum atomic E-state index is 11.8. The molecule has 1 aliphatic rings. The highest BCUT2D eigenvalue weighted by molar-refractivity contribution is 7.91. The number of aryl methyl sites for hydroxylation is 1. The second-order valence-corrected chi connectivity index (χ2v) is 8.71. The van der Waals surface area contributed by atoms with E-state index in [4.69, 9.17) is 0 Å². The summed E-state index contributed by atoms with van der Waals surface area (Å²) in [5.74, 6) is -0.586. The maximum absolute atomic E-state index is 11.8. The van der Waals surface area contributed by atoms with Crippen LogP contribution >= 0.6 is 0 Å². The van der Waals surface area contributed by atoms with Gasteiger partial charge in [-0.2, -0.15) is 0 Å². The molecule has 1 aromatic rings. The number of benzene rings is 1. The van der Waals surface area contributed by atoms with Gasteiger partial charge in [0.15, 0.2) is 9.84 Å². The van der Waals surface area contributed by atoms with Gasteiger partial charge in [-0.15, -0.1) is 0 Å². The molecule has 2 rings (SSSR count). The van der Waals surface area contributed by atoms with Crippen LogP contribution in [0.2, 0.25) is 0 Å². The van der Waals surface area contributed by atoms with Crippen LogP contribution in [-0.4, -0.2) is 49.9 Å². The Balaban J connectivity index is 1.54. The van der Waals surface area contributed by atoms with Crippen molar-refractivity contribution >= 4 is 21.7 Å². The minimum atomic E-state index is -3.33. The van der Waals surface area contributed by atoms with Gasteiger partial charge in [-0.25, -0.2) is 8.42 Å². The molecule has 1 fully saturated rings. The quantitative estimate of drug-likeness (QED) is 0.502. The number of nitrogens with zero attached hydrogens (tertiary/aromatic N) is 1. The van der Waals surface area contributed by atoms with Crippen LogP contribution in [0.5, 0.6) is 0 Å². The molecule has 1 aromatic carbocycles. The third-order valence-electron chi connectivity index (χ3n) is 4.38. The molecule has 0 saturated carbocycles. The predicted octanol–water partition coefficient (Wildman–Crippen LogP) is 1.51. The summed E-state index contributed by atoms with van der Waals surface area (Å²) in [6.07, 6.45) is 6.27. The van der Waals surface area contributed by atoms with Crippen LogP contribution in [0.15, 0.2) is 30.3 Å². The smallest absolute Gasteiger partial charge is 0.239 e. The molecule has 0 bridgehead atoms. The van der Waals surface area contributed by atoms with E-state index in [2.05, 4.69) is 17.4 Å². The lowest BCUT2D eigenvalue weighted by Gasteiger charge is -2.38. The molecule has 0 aromatic heterocycles. The number of likely N-dealkylation sites (tertiary alicyclic amines) is 1. The molecular formula is C18H26N2O4S. The normalized spacial score (nSPS) is 17.2. The molecular weight excluding hydrogens is 340 g/mol. The van der Waals surface area contributed by atoms with E-state index >= 15 is 0 Å². The standard InChI is InChI=1S/C18H26N2O4S/c1-25(23,24)18-13-17(22)20(18)14-16(21)19-12-8-3-2-5-9-15-10-6-4-7-11-15/h4,6-7,10-11,18H,2-3,5,8-9,12-14H2,1H3,(H,19,21). The highest BCUT2D eigenvalue weighted by Gasteiger charge is 2.43. The Kier molecular flexibility index (Phi) is 6.99. The second-order valence-electron chi connectivity index (χ2n) is 6.51. The van der Waals surface area contributed by atoms with Crippen LogP contribution in [0.1, 0.15) is 37.7 Å². The lowest BCUT2D eigenvalue weighted by atomic mass is 10.1. The van der Waals surface area contributed by atoms with E-state index in [1.165, 1.54) is 5.56 Å². The van der Waals surface area contributed by atoms with E-state index in [-0.39, 0.29) is 24.8 Å². The number of β-lactam (4-membered cyclic amide) rings is 1. The summed E-state index contributed by atoms with van der Waals surface area (Å²) < 4.78 is 23.0. The van der Waals surface area contributed by atoms with Crippen LogP contribution in [0.4, 0.5) is 0 Å². The van der Waals surface area contributed by atoms with Crippen molar-refractivity contribution in [1.82, 2.24) is 10.2 Å². The Morgan fingerprint density at radius 1 is 1.16 bits per heavy atom. The lowest BCUT2D eigenvalue weighted by Crippen LogP contribution is -2.58. The molecule has 1 N–H and O–H groups in total. The zero-order valence-corrected chi connectivity index (χ0v) is 15.4. The number of amides is 2. The molecule has 2 amide bonds. The van der Waals surface area contributed by atoms with Crippen molar-refractivity contribution in [3.63, 3.8) is 0 Å². The zero-order valence-electron chi connectivity index (χ0n) is 14.6. The average Bonchev–Trinajstić information content (AvgIpc) is 2.56. The first-order valence-electron chi connectivity index (χ1n) is 8.67. The fourth-order valence-electron chi connectivity index (χ4n) is 2.89. The van der Waals surface area contributed by atoms with E-state index in [1.54, 1.807) is 0 Å². The molecule has 25 heavy (non-hydrogen) atoms. The Bertz CT molecular complexity index is 688. The molecule has 1 aliphatic heterocycles. The van der Waals surface area contributed by atoms with Crippen LogP contribution in [0, 0.1) is 0 Å². The Morgan fingerprint density at radius 2 is 1.84 bits per heavy atom. The van der Waals surface area contributed by atoms with Crippen molar-refractivity contribution in [1.29, 1.82) is 0 Å². The van der Waals surface area contributed by atoms with Crippen LogP contribution < -0.4 is 5.32 Å². The summed E-state index contributed by atoms with van der Waals surface area (Å²) in [5.41, 5.74) is 1.34. The first-order chi connectivity index (χ1) is 11.9. The summed E-state index contributed by atoms with van der Waals surface area (Å²) in [7, 11) is -3.33. The van der Waals surface area contributed by atoms with E-state index in [1.807, 2.05) is 18.2 Å². The minimum Gasteiger partial charge on any atom is -0.355 e. The number of carbonyl (C=O) groups is 2. The third kappa shape index (κ3) is 6.16. The average molecular weight is 366 g/mol. The highest BCUT2D eigenvalue weighted by atomic mass is 32.2. The SMILES string of the molecule is CS(=O)(=O)C1CC(=O)N1CC(=O)NCCCCCCc1ccccc1. The zero-order chi connectivity index (χ0) is 18.3. The van der Waals surface area contributed by atoms with E-state index in [0.29, 0.717) is 6.54 Å². The van der Waals surface area contributed by atoms with Gasteiger partial charge in [-0.1, -0.05) is 43.2 Å². The summed E-state index contributed by atoms with van der Waals surface area (Å²) in [6.45, 7) is 0.375. The van der Waals surface area contributed by atoms with Crippen molar-refractivity contribution in [2.75, 3.05) is 19.3 Å². The number of carbonyl (C=O) groups excluding carboxylic acids is 2. The van der Waals surface area contributed by atoms with Gasteiger partial charge in [0.2, 0.25) is 11.8 Å². The topological polar surface area (TPSA) is 83.6 Å². The second kappa shape index (κ2) is 8.99. The number of nitrogens with one attached hydrogen (secondary N) is 1. The molecule has 138 valence electrons. The largest absolute Gasteiger partial charge is 0.355 e. The number of hydrogen-bond donors (Lipinski definition) is 1. The van der Waals surface area contributed by atoms with Gasteiger partial charge in [0, 0.05) is 12.8 Å². The molecule has 1 heterocycles. The van der Waals surface area contributed by atoms with Crippen molar-refractivity contribution < 1.29 is 18.0 Å². The highest BCUT2D eigenvalue weighted by Crippen LogP contribution is 2.23. The van der Waals surface area contributed by atoms with Crippen molar-refractivity contribution in [2.24, 2.45) is 0 Å². The Labute approximate surface area is 149 Å². The van der Waals surface area contributed by atoms with Gasteiger partial charge in [0.25, 0.3) is 0 Å². The summed E-state index contributed by atoms with van der Waals surface area (Å²) in [5, 5.41) is 1.91. The van der Waals surface area contributed by atoms with Crippen LogP contribution in [0.25, 0.3) is 0 Å². The number of hydrogen-bond acceptors (Lipinski definition) is 4. The number of sulfone groups is 1. The Morgan fingerprint density at radius 3 is 2.48 bits per heavy atom. The predicted molar refractivity (Wildman–Crippen MR) is 96.6 cm³/mol. The molecule has 7 heteroatoms. The van der Waals surface area contributed by atoms with Crippen molar-refractivity contribution in [3.05, 3.63) is 35.9 Å². The van der Waals surface area contributed by atoms with E-state index in [0.717, 1.165) is 43.3 Å². The molecule has 0 spiro atoms. The molecule has 0 aliphatic carbocycles. The van der Waals surface area contributed by atoms with Crippen LogP contribution in [-0.2, 0) is 25.8 Å². The minimum absolute atomic E-state index is 0.0203. The van der Waals surface area contributed by atoms with E-state index in [9.17, 15) is 18.0 Å². The summed E-state index contributed by atoms with van der Waals surface area (Å²) >= 11 is 0. The molecule has 1 atom stereocenters. The molecule has 1 unspecified atom stereocenters. The van der Waals surface area contributed by atoms with E-state index < -0.39 is 15.2 Å². The van der Waals surface area contributed by atoms with Crippen LogP contribution in [0.3, 0.4) is 0 Å². The van der Waals surface area contributed by atoms with Gasteiger partial charge in [-0.05, 0) is 24.8 Å². The summed E-state index contributed by atoms with van der Waals surface area (Å²) in [4.78, 5) is 24.4. The Hall–Kier alpha value is -1.89. The maximum Gasteiger partial charge on any atom is 0.239 e. The molecule has 6 nitrogen and oxygen atoms in total. The summed E-state index contributed by atoms with van der Waals surface area (Å²) in [6, 6.07) is 10.4. The van der Waals surface area contributed by atoms with Gasteiger partial charge < -0.3 is 10.2 Å². The monoisotopic (exact) mass is 366 g/mol.